The number of alkyl carbamates (subject to hydrolysis) is 1. The van der Waals surface area contributed by atoms with Gasteiger partial charge in [0.2, 0.25) is 11.6 Å². The van der Waals surface area contributed by atoms with Crippen LogP contribution in [-0.4, -0.2) is 115 Å². The molecule has 3 aliphatic heterocycles. The van der Waals surface area contributed by atoms with E-state index in [2.05, 4.69) is 11.4 Å². The van der Waals surface area contributed by atoms with E-state index >= 15 is 0 Å². The lowest BCUT2D eigenvalue weighted by Crippen LogP contribution is -2.74. The summed E-state index contributed by atoms with van der Waals surface area (Å²) >= 11 is 0. The highest BCUT2D eigenvalue weighted by Gasteiger charge is 2.60. The molecule has 47 heavy (non-hydrogen) atoms. The number of likely N-dealkylation sites (N-methyl/N-ethyl adjacent to an activating group) is 1. The fraction of sp³-hybridized carbons (Fsp3) is 0.545. The zero-order valence-corrected chi connectivity index (χ0v) is 27.6. The standard InChI is InChI=1S/C33H38N4O10/c1-14-26(39)16-10-19-25-24-17(27(40)15(2)31(45-8)29(24)42)9-18(36(25)6)20(11-34)37(19)21(23(16)28(41)30(14)44-7)13-46-22(38)12-35-32(43)47-33(3,4)5/h18-21,25H,9-10,12-13H2,1-8H3,(H,35,43)/t18-,19-,20-,21-,25-/m0/s1. The highest BCUT2D eigenvalue weighted by Crippen LogP contribution is 2.49. The third kappa shape index (κ3) is 5.47. The number of allylic oxidation sites excluding steroid dienone is 4. The fourth-order valence-corrected chi connectivity index (χ4v) is 7.46. The van der Waals surface area contributed by atoms with Crippen molar-refractivity contribution >= 4 is 35.2 Å². The van der Waals surface area contributed by atoms with Gasteiger partial charge in [0, 0.05) is 45.5 Å². The van der Waals surface area contributed by atoms with E-state index in [-0.39, 0.29) is 58.0 Å². The third-order valence-corrected chi connectivity index (χ3v) is 9.39. The topological polar surface area (TPSA) is 182 Å². The number of ether oxygens (including phenoxy) is 4. The number of nitrogens with one attached hydrogen (secondary N) is 1. The Balaban J connectivity index is 1.57. The average Bonchev–Trinajstić information content (AvgIpc) is 3.00. The van der Waals surface area contributed by atoms with Gasteiger partial charge >= 0.3 is 12.1 Å². The number of nitrogens with zero attached hydrogens (tertiary/aromatic N) is 3. The monoisotopic (exact) mass is 650 g/mol. The van der Waals surface area contributed by atoms with Crippen molar-refractivity contribution in [1.29, 1.82) is 5.26 Å². The molecule has 14 nitrogen and oxygen atoms in total. The van der Waals surface area contributed by atoms with Gasteiger partial charge in [0.15, 0.2) is 23.1 Å². The Bertz CT molecular complexity index is 1670. The van der Waals surface area contributed by atoms with Crippen molar-refractivity contribution in [3.8, 4) is 6.07 Å². The molecular formula is C33H38N4O10. The van der Waals surface area contributed by atoms with Crippen molar-refractivity contribution in [3.05, 3.63) is 45.0 Å². The van der Waals surface area contributed by atoms with Crippen LogP contribution in [-0.2, 0) is 42.9 Å². The van der Waals surface area contributed by atoms with Gasteiger partial charge < -0.3 is 24.3 Å². The van der Waals surface area contributed by atoms with Crippen LogP contribution < -0.4 is 5.32 Å². The van der Waals surface area contributed by atoms with E-state index in [1.807, 2.05) is 4.90 Å². The molecule has 0 aromatic rings. The molecular weight excluding hydrogens is 612 g/mol. The molecule has 1 fully saturated rings. The third-order valence-electron chi connectivity index (χ3n) is 9.39. The first-order chi connectivity index (χ1) is 22.1. The van der Waals surface area contributed by atoms with E-state index < -0.39 is 78.4 Å². The summed E-state index contributed by atoms with van der Waals surface area (Å²) in [5.41, 5.74) is 0.225. The highest BCUT2D eigenvalue weighted by molar-refractivity contribution is 6.26. The lowest BCUT2D eigenvalue weighted by Gasteiger charge is -2.60. The molecule has 250 valence electrons. The normalized spacial score (nSPS) is 28.0. The predicted molar refractivity (Wildman–Crippen MR) is 162 cm³/mol. The highest BCUT2D eigenvalue weighted by atomic mass is 16.6. The van der Waals surface area contributed by atoms with Crippen LogP contribution in [0.5, 0.6) is 0 Å². The molecule has 2 aliphatic carbocycles. The van der Waals surface area contributed by atoms with Crippen LogP contribution in [0.1, 0.15) is 47.5 Å². The molecule has 0 spiro atoms. The van der Waals surface area contributed by atoms with Crippen LogP contribution in [0, 0.1) is 11.3 Å². The van der Waals surface area contributed by atoms with Crippen molar-refractivity contribution in [2.75, 3.05) is 34.4 Å². The van der Waals surface area contributed by atoms with Crippen LogP contribution in [0.2, 0.25) is 0 Å². The number of hydrogen-bond donors (Lipinski definition) is 1. The first-order valence-electron chi connectivity index (χ1n) is 15.2. The molecule has 0 aromatic heterocycles. The van der Waals surface area contributed by atoms with E-state index in [0.717, 1.165) is 0 Å². The second-order valence-electron chi connectivity index (χ2n) is 13.1. The van der Waals surface area contributed by atoms with Crippen molar-refractivity contribution in [3.63, 3.8) is 0 Å². The summed E-state index contributed by atoms with van der Waals surface area (Å²) in [4.78, 5) is 83.7. The van der Waals surface area contributed by atoms with Gasteiger partial charge in [-0.2, -0.15) is 5.26 Å². The number of esters is 1. The van der Waals surface area contributed by atoms with Crippen LogP contribution in [0.4, 0.5) is 4.79 Å². The molecule has 0 saturated carbocycles. The van der Waals surface area contributed by atoms with E-state index in [4.69, 9.17) is 18.9 Å². The molecule has 0 unspecified atom stereocenters. The lowest BCUT2D eigenvalue weighted by atomic mass is 9.67. The molecule has 5 rings (SSSR count). The molecule has 0 radical (unpaired) electrons. The Morgan fingerprint density at radius 1 is 0.894 bits per heavy atom. The summed E-state index contributed by atoms with van der Waals surface area (Å²) in [6, 6.07) is -1.81. The predicted octanol–water partition coefficient (Wildman–Crippen LogP) is 1.21. The fourth-order valence-electron chi connectivity index (χ4n) is 7.46. The number of nitriles is 1. The summed E-state index contributed by atoms with van der Waals surface area (Å²) < 4.78 is 21.4. The number of piperazine rings is 1. The molecule has 0 aromatic carbocycles. The Labute approximate surface area is 272 Å². The van der Waals surface area contributed by atoms with E-state index in [9.17, 15) is 34.0 Å². The summed E-state index contributed by atoms with van der Waals surface area (Å²) in [6.07, 6.45) is -0.777. The smallest absolute Gasteiger partial charge is 0.408 e. The summed E-state index contributed by atoms with van der Waals surface area (Å²) in [5.74, 6) is -2.88. The molecule has 1 amide bonds. The average molecular weight is 651 g/mol. The number of rotatable bonds is 6. The van der Waals surface area contributed by atoms with Gasteiger partial charge in [0.1, 0.15) is 24.8 Å². The number of Topliss-reactive ketones (excluding diaryl/α,β-unsaturated/α-hetero) is 4. The SMILES string of the molecule is COC1=C(C)C(=O)C2=C(C1=O)[C@@H]1[C@@H]3CC4=C(C(=O)C(OC)=C(C)C4=O)[C@H](COC(=O)CNC(=O)OC(C)(C)C)N3[C@@H](C#N)[C@H](C2)N1C. The lowest BCUT2D eigenvalue weighted by molar-refractivity contribution is -0.147. The van der Waals surface area contributed by atoms with Crippen LogP contribution >= 0.6 is 0 Å². The van der Waals surface area contributed by atoms with E-state index in [1.165, 1.54) is 28.1 Å². The molecule has 3 heterocycles. The van der Waals surface area contributed by atoms with Gasteiger partial charge in [-0.05, 0) is 54.5 Å². The molecule has 14 heteroatoms. The summed E-state index contributed by atoms with van der Waals surface area (Å²) in [6.45, 7) is 7.02. The minimum absolute atomic E-state index is 0.0257. The van der Waals surface area contributed by atoms with Gasteiger partial charge in [-0.15, -0.1) is 0 Å². The second kappa shape index (κ2) is 12.2. The molecule has 5 aliphatic rings. The number of fused-ring (bicyclic) bond motifs is 5. The van der Waals surface area contributed by atoms with Gasteiger partial charge in [0.05, 0.1) is 32.4 Å². The molecule has 2 bridgehead atoms. The number of amides is 1. The Morgan fingerprint density at radius 3 is 1.96 bits per heavy atom. The minimum Gasteiger partial charge on any atom is -0.492 e. The van der Waals surface area contributed by atoms with Crippen LogP contribution in [0.25, 0.3) is 0 Å². The number of carbonyl (C=O) groups excluding carboxylic acids is 6. The van der Waals surface area contributed by atoms with Crippen molar-refractivity contribution in [2.24, 2.45) is 0 Å². The van der Waals surface area contributed by atoms with E-state index in [0.29, 0.717) is 5.57 Å². The first-order valence-corrected chi connectivity index (χ1v) is 15.2. The van der Waals surface area contributed by atoms with Gasteiger partial charge in [-0.25, -0.2) is 4.79 Å². The summed E-state index contributed by atoms with van der Waals surface area (Å²) in [5, 5.41) is 12.9. The number of methoxy groups -OCH3 is 2. The minimum atomic E-state index is -1.09. The zero-order chi connectivity index (χ0) is 34.7. The van der Waals surface area contributed by atoms with Gasteiger partial charge in [-0.3, -0.25) is 33.8 Å². The van der Waals surface area contributed by atoms with Crippen molar-refractivity contribution in [1.82, 2.24) is 15.1 Å². The maximum absolute atomic E-state index is 13.9. The maximum Gasteiger partial charge on any atom is 0.408 e. The quantitative estimate of drug-likeness (QED) is 0.320. The molecule has 5 atom stereocenters. The number of hydrogen-bond acceptors (Lipinski definition) is 13. The number of carbonyl (C=O) groups is 6. The molecule has 1 saturated heterocycles. The zero-order valence-electron chi connectivity index (χ0n) is 27.6. The maximum atomic E-state index is 13.9. The Kier molecular flexibility index (Phi) is 8.76. The largest absolute Gasteiger partial charge is 0.492 e. The van der Waals surface area contributed by atoms with Gasteiger partial charge in [0.25, 0.3) is 0 Å². The second-order valence-corrected chi connectivity index (χ2v) is 13.1. The summed E-state index contributed by atoms with van der Waals surface area (Å²) in [7, 11) is 4.36. The van der Waals surface area contributed by atoms with Crippen LogP contribution in [0.15, 0.2) is 45.0 Å². The first kappa shape index (κ1) is 33.7. The molecule has 1 N–H and O–H groups in total. The Morgan fingerprint density at radius 2 is 1.43 bits per heavy atom. The van der Waals surface area contributed by atoms with Crippen molar-refractivity contribution in [2.45, 2.75) is 83.3 Å². The van der Waals surface area contributed by atoms with Crippen LogP contribution in [0.3, 0.4) is 0 Å². The number of ketones is 4. The van der Waals surface area contributed by atoms with Crippen molar-refractivity contribution < 1.29 is 47.7 Å². The van der Waals surface area contributed by atoms with Gasteiger partial charge in [-0.1, -0.05) is 0 Å². The van der Waals surface area contributed by atoms with E-state index in [1.54, 1.807) is 32.7 Å². The Hall–Kier alpha value is -4.61.